The Morgan fingerprint density at radius 1 is 1.10 bits per heavy atom. The summed E-state index contributed by atoms with van der Waals surface area (Å²) >= 11 is 3.40. The van der Waals surface area contributed by atoms with Crippen molar-refractivity contribution in [2.45, 2.75) is 72.4 Å². The van der Waals surface area contributed by atoms with Crippen LogP contribution in [0.3, 0.4) is 0 Å². The number of aromatic nitrogens is 2. The second-order valence-electron chi connectivity index (χ2n) is 9.96. The number of carbonyl (C=O) groups excluding carboxylic acids is 2. The Morgan fingerprint density at radius 2 is 1.74 bits per heavy atom. The summed E-state index contributed by atoms with van der Waals surface area (Å²) in [5.74, 6) is 0.350. The molecule has 0 saturated heterocycles. The Kier molecular flexibility index (Phi) is 7.57. The van der Waals surface area contributed by atoms with E-state index in [2.05, 4.69) is 47.3 Å². The monoisotopic (exact) mass is 491 g/mol. The highest BCUT2D eigenvalue weighted by Gasteiger charge is 2.27. The van der Waals surface area contributed by atoms with Gasteiger partial charge in [-0.2, -0.15) is 5.10 Å². The number of hydrogen-bond acceptors (Lipinski definition) is 3. The smallest absolute Gasteiger partial charge is 0.313 e. The number of anilines is 2. The van der Waals surface area contributed by atoms with Gasteiger partial charge in [0.25, 0.3) is 0 Å². The van der Waals surface area contributed by atoms with Crippen LogP contribution in [0, 0.1) is 0 Å². The Morgan fingerprint density at radius 3 is 2.26 bits per heavy atom. The maximum absolute atomic E-state index is 12.9. The first-order chi connectivity index (χ1) is 14.2. The molecule has 2 aromatic rings. The number of nitrogens with zero attached hydrogens (tertiary/aromatic N) is 3. The molecule has 7 nitrogen and oxygen atoms in total. The molecule has 2 rings (SSSR count). The van der Waals surface area contributed by atoms with Gasteiger partial charge in [0.2, 0.25) is 5.91 Å². The molecule has 0 radical (unpaired) electrons. The van der Waals surface area contributed by atoms with Crippen LogP contribution in [0.2, 0.25) is 0 Å². The highest BCUT2D eigenvalue weighted by Crippen LogP contribution is 2.28. The van der Waals surface area contributed by atoms with Crippen molar-refractivity contribution in [3.63, 3.8) is 0 Å². The van der Waals surface area contributed by atoms with Crippen molar-refractivity contribution in [1.29, 1.82) is 0 Å². The third-order valence-electron chi connectivity index (χ3n) is 4.65. The minimum absolute atomic E-state index is 0.0717. The molecule has 0 atom stereocenters. The molecule has 31 heavy (non-hydrogen) atoms. The summed E-state index contributed by atoms with van der Waals surface area (Å²) < 4.78 is 2.69. The molecule has 0 bridgehead atoms. The molecule has 1 aromatic carbocycles. The quantitative estimate of drug-likeness (QED) is 0.572. The highest BCUT2D eigenvalue weighted by molar-refractivity contribution is 9.10. The normalized spacial score (nSPS) is 12.1. The van der Waals surface area contributed by atoms with Crippen molar-refractivity contribution in [3.05, 3.63) is 40.5 Å². The lowest BCUT2D eigenvalue weighted by Gasteiger charge is -2.27. The molecular weight excluding hydrogens is 458 g/mol. The number of halogens is 1. The third-order valence-corrected chi connectivity index (χ3v) is 5.15. The Hall–Kier alpha value is -2.35. The van der Waals surface area contributed by atoms with E-state index >= 15 is 0 Å². The molecule has 0 unspecified atom stereocenters. The second-order valence-corrected chi connectivity index (χ2v) is 10.9. The van der Waals surface area contributed by atoms with Gasteiger partial charge < -0.3 is 15.5 Å². The van der Waals surface area contributed by atoms with Gasteiger partial charge in [0.05, 0.1) is 11.2 Å². The van der Waals surface area contributed by atoms with Gasteiger partial charge in [-0.3, -0.25) is 4.79 Å². The van der Waals surface area contributed by atoms with Gasteiger partial charge in [-0.05, 0) is 52.8 Å². The van der Waals surface area contributed by atoms with Gasteiger partial charge in [-0.25, -0.2) is 9.48 Å². The zero-order valence-electron chi connectivity index (χ0n) is 19.7. The number of carbonyl (C=O) groups is 2. The summed E-state index contributed by atoms with van der Waals surface area (Å²) in [6, 6.07) is 8.76. The fourth-order valence-electron chi connectivity index (χ4n) is 2.94. The van der Waals surface area contributed by atoms with Crippen LogP contribution in [-0.4, -0.2) is 39.2 Å². The van der Waals surface area contributed by atoms with Crippen LogP contribution in [0.1, 0.15) is 61.1 Å². The lowest BCUT2D eigenvalue weighted by molar-refractivity contribution is -0.117. The van der Waals surface area contributed by atoms with E-state index in [1.165, 1.54) is 4.90 Å². The largest absolute Gasteiger partial charge is 0.322 e. The van der Waals surface area contributed by atoms with Crippen LogP contribution < -0.4 is 10.6 Å². The number of benzene rings is 1. The number of nitrogens with one attached hydrogen (secondary N) is 2. The molecule has 0 aliphatic carbocycles. The van der Waals surface area contributed by atoms with E-state index in [1.807, 2.05) is 63.6 Å². The maximum Gasteiger partial charge on any atom is 0.322 e. The molecule has 1 aromatic heterocycles. The van der Waals surface area contributed by atoms with Crippen molar-refractivity contribution < 1.29 is 9.59 Å². The Labute approximate surface area is 193 Å². The molecule has 2 N–H and O–H groups in total. The topological polar surface area (TPSA) is 79.3 Å². The molecular formula is C23H34BrN5O2. The second kappa shape index (κ2) is 9.42. The van der Waals surface area contributed by atoms with Gasteiger partial charge in [0, 0.05) is 27.7 Å². The van der Waals surface area contributed by atoms with Crippen LogP contribution in [0.5, 0.6) is 0 Å². The van der Waals surface area contributed by atoms with Crippen molar-refractivity contribution >= 4 is 39.4 Å². The van der Waals surface area contributed by atoms with Crippen molar-refractivity contribution in [2.24, 2.45) is 0 Å². The number of hydrogen-bond donors (Lipinski definition) is 2. The molecule has 1 heterocycles. The van der Waals surface area contributed by atoms with Gasteiger partial charge in [-0.1, -0.05) is 42.8 Å². The summed E-state index contributed by atoms with van der Waals surface area (Å²) in [7, 11) is 0. The number of rotatable bonds is 5. The molecule has 170 valence electrons. The lowest BCUT2D eigenvalue weighted by Crippen LogP contribution is -2.45. The van der Waals surface area contributed by atoms with Gasteiger partial charge in [-0.15, -0.1) is 0 Å². The standard InChI is InChI=1S/C23H34BrN5O2/c1-15(2)28(21(31)25-17-11-9-10-16(24)12-17)14-20(30)26-19-13-18(22(3,4)5)27-29(19)23(6,7)8/h9-13,15H,14H2,1-8H3,(H,25,31)(H,26,30). The highest BCUT2D eigenvalue weighted by atomic mass is 79.9. The molecule has 0 aliphatic heterocycles. The Balaban J connectivity index is 2.18. The molecule has 0 spiro atoms. The predicted molar refractivity (Wildman–Crippen MR) is 130 cm³/mol. The number of amides is 3. The van der Waals surface area contributed by atoms with Crippen LogP contribution in [-0.2, 0) is 15.7 Å². The van der Waals surface area contributed by atoms with Crippen LogP contribution in [0.25, 0.3) is 0 Å². The lowest BCUT2D eigenvalue weighted by atomic mass is 9.92. The van der Waals surface area contributed by atoms with E-state index in [0.29, 0.717) is 11.5 Å². The Bertz CT molecular complexity index is 938. The summed E-state index contributed by atoms with van der Waals surface area (Å²) in [4.78, 5) is 27.2. The summed E-state index contributed by atoms with van der Waals surface area (Å²) in [5, 5.41) is 10.5. The average molecular weight is 492 g/mol. The summed E-state index contributed by atoms with van der Waals surface area (Å²) in [5.41, 5.74) is 1.10. The molecule has 0 aliphatic rings. The van der Waals surface area contributed by atoms with E-state index in [9.17, 15) is 9.59 Å². The minimum atomic E-state index is -0.331. The molecule has 8 heteroatoms. The zero-order chi connectivity index (χ0) is 23.6. The minimum Gasteiger partial charge on any atom is -0.313 e. The van der Waals surface area contributed by atoms with Crippen LogP contribution >= 0.6 is 15.9 Å². The van der Waals surface area contributed by atoms with Crippen LogP contribution in [0.15, 0.2) is 34.8 Å². The van der Waals surface area contributed by atoms with Gasteiger partial charge in [0.1, 0.15) is 12.4 Å². The number of urea groups is 1. The molecule has 3 amide bonds. The first kappa shape index (κ1) is 24.9. The van der Waals surface area contributed by atoms with Gasteiger partial charge >= 0.3 is 6.03 Å². The zero-order valence-corrected chi connectivity index (χ0v) is 21.3. The van der Waals surface area contributed by atoms with Gasteiger partial charge in [0.15, 0.2) is 0 Å². The fourth-order valence-corrected chi connectivity index (χ4v) is 3.33. The first-order valence-electron chi connectivity index (χ1n) is 10.4. The predicted octanol–water partition coefficient (Wildman–Crippen LogP) is 5.58. The summed E-state index contributed by atoms with van der Waals surface area (Å²) in [6.07, 6.45) is 0. The van der Waals surface area contributed by atoms with Crippen molar-refractivity contribution in [3.8, 4) is 0 Å². The maximum atomic E-state index is 12.9. The fraction of sp³-hybridized carbons (Fsp3) is 0.522. The SMILES string of the molecule is CC(C)N(CC(=O)Nc1cc(C(C)(C)C)nn1C(C)(C)C)C(=O)Nc1cccc(Br)c1. The first-order valence-corrected chi connectivity index (χ1v) is 11.2. The molecule has 0 saturated carbocycles. The van der Waals surface area contributed by atoms with Crippen molar-refractivity contribution in [2.75, 3.05) is 17.2 Å². The van der Waals surface area contributed by atoms with E-state index in [1.54, 1.807) is 6.07 Å². The van der Waals surface area contributed by atoms with E-state index < -0.39 is 0 Å². The van der Waals surface area contributed by atoms with Crippen molar-refractivity contribution in [1.82, 2.24) is 14.7 Å². The average Bonchev–Trinajstić information content (AvgIpc) is 3.03. The van der Waals surface area contributed by atoms with E-state index in [4.69, 9.17) is 5.10 Å². The summed E-state index contributed by atoms with van der Waals surface area (Å²) in [6.45, 7) is 16.0. The molecule has 0 fully saturated rings. The van der Waals surface area contributed by atoms with E-state index in [-0.39, 0.29) is 35.5 Å². The van der Waals surface area contributed by atoms with Crippen LogP contribution in [0.4, 0.5) is 16.3 Å². The third kappa shape index (κ3) is 6.82. The van der Waals surface area contributed by atoms with E-state index in [0.717, 1.165) is 10.2 Å².